The van der Waals surface area contributed by atoms with Crippen molar-refractivity contribution in [3.63, 3.8) is 0 Å². The second-order valence-electron chi connectivity index (χ2n) is 5.72. The molecule has 0 aliphatic carbocycles. The predicted octanol–water partition coefficient (Wildman–Crippen LogP) is 4.10. The zero-order chi connectivity index (χ0) is 18.2. The molecular weight excluding hydrogens is 320 g/mol. The maximum atomic E-state index is 12.0. The van der Waals surface area contributed by atoms with Gasteiger partial charge in [-0.15, -0.1) is 0 Å². The number of nitrogens with one attached hydrogen (secondary N) is 1. The fourth-order valence-corrected chi connectivity index (χ4v) is 2.60. The molecule has 6 heteroatoms. The molecule has 1 N–H and O–H groups in total. The molecule has 25 heavy (non-hydrogen) atoms. The van der Waals surface area contributed by atoms with Gasteiger partial charge in [0.05, 0.1) is 24.9 Å². The van der Waals surface area contributed by atoms with Crippen LogP contribution in [0, 0.1) is 0 Å². The van der Waals surface area contributed by atoms with Crippen molar-refractivity contribution in [1.29, 1.82) is 0 Å². The molecule has 1 aromatic heterocycles. The van der Waals surface area contributed by atoms with Crippen molar-refractivity contribution in [2.75, 3.05) is 19.0 Å². The Morgan fingerprint density at radius 2 is 2.08 bits per heavy atom. The maximum absolute atomic E-state index is 12.0. The molecule has 0 unspecified atom stereocenters. The molecule has 134 valence electrons. The van der Waals surface area contributed by atoms with E-state index in [1.165, 1.54) is 13.2 Å². The second-order valence-corrected chi connectivity index (χ2v) is 5.72. The molecule has 0 saturated heterocycles. The molecule has 1 aromatic carbocycles. The van der Waals surface area contributed by atoms with E-state index in [1.54, 1.807) is 6.08 Å². The summed E-state index contributed by atoms with van der Waals surface area (Å²) in [6.45, 7) is 2.50. The number of carbonyl (C=O) groups is 2. The van der Waals surface area contributed by atoms with Crippen molar-refractivity contribution >= 4 is 34.7 Å². The third-order valence-corrected chi connectivity index (χ3v) is 3.86. The fourth-order valence-electron chi connectivity index (χ4n) is 2.60. The van der Waals surface area contributed by atoms with Crippen LogP contribution < -0.4 is 5.32 Å². The number of carbonyl (C=O) groups excluding carboxylic acids is 2. The Labute approximate surface area is 147 Å². The number of methoxy groups -OCH3 is 1. The number of rotatable bonds is 7. The van der Waals surface area contributed by atoms with Gasteiger partial charge in [0.1, 0.15) is 0 Å². The van der Waals surface area contributed by atoms with Gasteiger partial charge in [-0.3, -0.25) is 5.32 Å². The van der Waals surface area contributed by atoms with Crippen LogP contribution in [-0.4, -0.2) is 30.3 Å². The number of benzene rings is 1. The minimum Gasteiger partial charge on any atom is -0.466 e. The number of anilines is 1. The molecule has 0 atom stereocenters. The molecule has 0 fully saturated rings. The van der Waals surface area contributed by atoms with Crippen LogP contribution in [0.4, 0.5) is 10.5 Å². The molecular formula is C19H24N2O4. The van der Waals surface area contributed by atoms with Crippen LogP contribution in [0.15, 0.2) is 30.5 Å². The van der Waals surface area contributed by atoms with E-state index in [0.717, 1.165) is 35.7 Å². The van der Waals surface area contributed by atoms with E-state index in [-0.39, 0.29) is 0 Å². The number of ether oxygens (including phenoxy) is 2. The van der Waals surface area contributed by atoms with Crippen LogP contribution in [0.1, 0.15) is 31.7 Å². The lowest BCUT2D eigenvalue weighted by atomic mass is 10.1. The average molecular weight is 344 g/mol. The Balaban J connectivity index is 2.23. The molecule has 0 aliphatic heterocycles. The van der Waals surface area contributed by atoms with E-state index in [2.05, 4.69) is 17.0 Å². The largest absolute Gasteiger partial charge is 0.466 e. The summed E-state index contributed by atoms with van der Waals surface area (Å²) in [4.78, 5) is 23.4. The normalized spacial score (nSPS) is 11.0. The number of esters is 1. The van der Waals surface area contributed by atoms with Crippen LogP contribution in [0.3, 0.4) is 0 Å². The lowest BCUT2D eigenvalue weighted by molar-refractivity contribution is -0.134. The first-order chi connectivity index (χ1) is 12.1. The molecule has 1 amide bonds. The number of hydrogen-bond acceptors (Lipinski definition) is 4. The molecule has 2 aromatic rings. The summed E-state index contributed by atoms with van der Waals surface area (Å²) in [5.41, 5.74) is 2.39. The summed E-state index contributed by atoms with van der Waals surface area (Å²) >= 11 is 0. The molecule has 0 aliphatic rings. The van der Waals surface area contributed by atoms with Gasteiger partial charge >= 0.3 is 12.1 Å². The topological polar surface area (TPSA) is 69.6 Å². The lowest BCUT2D eigenvalue weighted by Crippen LogP contribution is -2.14. The number of aryl methyl sites for hydroxylation is 1. The molecule has 0 radical (unpaired) electrons. The SMILES string of the molecule is CCCCCOC(=O)Nc1cccc2c1c(/C=C/C(=O)OC)cn2C. The standard InChI is InChI=1S/C19H24N2O4/c1-4-5-6-12-25-19(23)20-15-8-7-9-16-18(15)14(13-21(16)2)10-11-17(22)24-3/h7-11,13H,4-6,12H2,1-3H3,(H,20,23)/b11-10+. The Morgan fingerprint density at radius 1 is 1.28 bits per heavy atom. The lowest BCUT2D eigenvalue weighted by Gasteiger charge is -2.09. The molecule has 6 nitrogen and oxygen atoms in total. The van der Waals surface area contributed by atoms with Crippen LogP contribution in [-0.2, 0) is 21.3 Å². The number of amides is 1. The van der Waals surface area contributed by atoms with Crippen LogP contribution in [0.5, 0.6) is 0 Å². The van der Waals surface area contributed by atoms with E-state index in [9.17, 15) is 9.59 Å². The van der Waals surface area contributed by atoms with E-state index >= 15 is 0 Å². The molecule has 0 saturated carbocycles. The predicted molar refractivity (Wildman–Crippen MR) is 98.5 cm³/mol. The van der Waals surface area contributed by atoms with E-state index in [0.29, 0.717) is 12.3 Å². The van der Waals surface area contributed by atoms with Gasteiger partial charge in [0, 0.05) is 30.3 Å². The van der Waals surface area contributed by atoms with Gasteiger partial charge in [-0.2, -0.15) is 0 Å². The highest BCUT2D eigenvalue weighted by Gasteiger charge is 2.12. The highest BCUT2D eigenvalue weighted by molar-refractivity contribution is 6.04. The van der Waals surface area contributed by atoms with Gasteiger partial charge in [-0.1, -0.05) is 25.8 Å². The number of hydrogen-bond donors (Lipinski definition) is 1. The second kappa shape index (κ2) is 8.92. The summed E-state index contributed by atoms with van der Waals surface area (Å²) in [7, 11) is 3.24. The summed E-state index contributed by atoms with van der Waals surface area (Å²) in [6.07, 6.45) is 7.40. The van der Waals surface area contributed by atoms with Crippen molar-refractivity contribution in [3.05, 3.63) is 36.0 Å². The van der Waals surface area contributed by atoms with Gasteiger partial charge in [0.2, 0.25) is 0 Å². The maximum Gasteiger partial charge on any atom is 0.411 e. The van der Waals surface area contributed by atoms with Gasteiger partial charge in [-0.25, -0.2) is 9.59 Å². The van der Waals surface area contributed by atoms with E-state index in [4.69, 9.17) is 4.74 Å². The average Bonchev–Trinajstić information content (AvgIpc) is 2.94. The van der Waals surface area contributed by atoms with Crippen molar-refractivity contribution in [3.8, 4) is 0 Å². The quantitative estimate of drug-likeness (QED) is 0.466. The van der Waals surface area contributed by atoms with E-state index in [1.807, 2.05) is 36.0 Å². The smallest absolute Gasteiger partial charge is 0.411 e. The molecule has 2 rings (SSSR count). The summed E-state index contributed by atoms with van der Waals surface area (Å²) in [5.74, 6) is -0.433. The summed E-state index contributed by atoms with van der Waals surface area (Å²) in [5, 5.41) is 3.64. The van der Waals surface area contributed by atoms with Gasteiger partial charge in [0.25, 0.3) is 0 Å². The monoisotopic (exact) mass is 344 g/mol. The minimum atomic E-state index is -0.477. The molecule has 0 spiro atoms. The first-order valence-electron chi connectivity index (χ1n) is 8.34. The Kier molecular flexibility index (Phi) is 6.62. The van der Waals surface area contributed by atoms with Crippen molar-refractivity contribution in [2.24, 2.45) is 7.05 Å². The number of aromatic nitrogens is 1. The van der Waals surface area contributed by atoms with Crippen LogP contribution in [0.25, 0.3) is 17.0 Å². The third kappa shape index (κ3) is 4.86. The van der Waals surface area contributed by atoms with Crippen molar-refractivity contribution in [2.45, 2.75) is 26.2 Å². The van der Waals surface area contributed by atoms with E-state index < -0.39 is 12.1 Å². The highest BCUT2D eigenvalue weighted by atomic mass is 16.5. The van der Waals surface area contributed by atoms with Crippen LogP contribution >= 0.6 is 0 Å². The van der Waals surface area contributed by atoms with Crippen LogP contribution in [0.2, 0.25) is 0 Å². The number of fused-ring (bicyclic) bond motifs is 1. The Bertz CT molecular complexity index is 777. The minimum absolute atomic E-state index is 0.402. The first-order valence-corrected chi connectivity index (χ1v) is 8.34. The van der Waals surface area contributed by atoms with Gasteiger partial charge in [0.15, 0.2) is 0 Å². The Hall–Kier alpha value is -2.76. The third-order valence-electron chi connectivity index (χ3n) is 3.86. The number of nitrogens with zero attached hydrogens (tertiary/aromatic N) is 1. The molecule has 1 heterocycles. The number of unbranched alkanes of at least 4 members (excludes halogenated alkanes) is 2. The summed E-state index contributed by atoms with van der Waals surface area (Å²) in [6, 6.07) is 5.62. The van der Waals surface area contributed by atoms with Gasteiger partial charge < -0.3 is 14.0 Å². The fraction of sp³-hybridized carbons (Fsp3) is 0.368. The van der Waals surface area contributed by atoms with Crippen molar-refractivity contribution < 1.29 is 19.1 Å². The molecule has 0 bridgehead atoms. The summed E-state index contributed by atoms with van der Waals surface area (Å²) < 4.78 is 11.8. The zero-order valence-electron chi connectivity index (χ0n) is 14.9. The van der Waals surface area contributed by atoms with Crippen molar-refractivity contribution in [1.82, 2.24) is 4.57 Å². The van der Waals surface area contributed by atoms with Gasteiger partial charge in [-0.05, 0) is 24.6 Å². The highest BCUT2D eigenvalue weighted by Crippen LogP contribution is 2.29. The first kappa shape index (κ1) is 18.6. The Morgan fingerprint density at radius 3 is 2.80 bits per heavy atom. The zero-order valence-corrected chi connectivity index (χ0v) is 14.9.